The van der Waals surface area contributed by atoms with E-state index in [1.54, 1.807) is 13.8 Å². The van der Waals surface area contributed by atoms with E-state index in [1.807, 2.05) is 0 Å². The molecule has 0 amide bonds. The Balaban J connectivity index is 2.81. The van der Waals surface area contributed by atoms with Gasteiger partial charge in [0.15, 0.2) is 5.78 Å². The van der Waals surface area contributed by atoms with Gasteiger partial charge in [0.25, 0.3) is 0 Å². The zero-order chi connectivity index (χ0) is 12.3. The summed E-state index contributed by atoms with van der Waals surface area (Å²) in [5.74, 6) is -0.968. The van der Waals surface area contributed by atoms with E-state index in [2.05, 4.69) is 15.9 Å². The second-order valence-corrected chi connectivity index (χ2v) is 4.70. The first-order valence-electron chi connectivity index (χ1n) is 4.92. The van der Waals surface area contributed by atoms with Crippen LogP contribution in [-0.2, 0) is 4.79 Å². The summed E-state index contributed by atoms with van der Waals surface area (Å²) in [6, 6.07) is 3.98. The van der Waals surface area contributed by atoms with Crippen molar-refractivity contribution < 1.29 is 14.0 Å². The maximum atomic E-state index is 12.9. The number of halogens is 2. The van der Waals surface area contributed by atoms with Crippen molar-refractivity contribution in [3.05, 3.63) is 34.1 Å². The van der Waals surface area contributed by atoms with Crippen molar-refractivity contribution >= 4 is 27.5 Å². The molecule has 16 heavy (non-hydrogen) atoms. The maximum Gasteiger partial charge on any atom is 0.170 e. The predicted octanol–water partition coefficient (Wildman–Crippen LogP) is 3.39. The van der Waals surface area contributed by atoms with Crippen LogP contribution in [0.15, 0.2) is 22.7 Å². The van der Waals surface area contributed by atoms with Crippen LogP contribution in [0.2, 0.25) is 0 Å². The highest BCUT2D eigenvalue weighted by molar-refractivity contribution is 9.10. The molecule has 0 aromatic heterocycles. The van der Waals surface area contributed by atoms with Crippen LogP contribution in [0.25, 0.3) is 0 Å². The lowest BCUT2D eigenvalue weighted by Gasteiger charge is -2.04. The highest BCUT2D eigenvalue weighted by atomic mass is 79.9. The predicted molar refractivity (Wildman–Crippen MR) is 62.9 cm³/mol. The maximum absolute atomic E-state index is 12.9. The highest BCUT2D eigenvalue weighted by Crippen LogP contribution is 2.18. The normalized spacial score (nSPS) is 10.6. The molecule has 0 aliphatic heterocycles. The van der Waals surface area contributed by atoms with E-state index in [0.717, 1.165) is 0 Å². The Morgan fingerprint density at radius 1 is 1.38 bits per heavy atom. The standard InChI is InChI=1S/C12H12BrFO2/c1-7(2)11(15)6-12(16)8-3-4-10(14)9(13)5-8/h3-5,7H,6H2,1-2H3. The lowest BCUT2D eigenvalue weighted by atomic mass is 10.00. The summed E-state index contributed by atoms with van der Waals surface area (Å²) in [6.45, 7) is 3.49. The lowest BCUT2D eigenvalue weighted by Crippen LogP contribution is -2.13. The number of carbonyl (C=O) groups excluding carboxylic acids is 2. The van der Waals surface area contributed by atoms with Gasteiger partial charge in [-0.15, -0.1) is 0 Å². The van der Waals surface area contributed by atoms with Gasteiger partial charge in [-0.05, 0) is 34.1 Å². The number of rotatable bonds is 4. The van der Waals surface area contributed by atoms with E-state index in [9.17, 15) is 14.0 Å². The monoisotopic (exact) mass is 286 g/mol. The van der Waals surface area contributed by atoms with Gasteiger partial charge in [0, 0.05) is 11.5 Å². The summed E-state index contributed by atoms with van der Waals surface area (Å²) >= 11 is 3.00. The van der Waals surface area contributed by atoms with Crippen molar-refractivity contribution in [1.29, 1.82) is 0 Å². The number of benzene rings is 1. The molecule has 86 valence electrons. The lowest BCUT2D eigenvalue weighted by molar-refractivity contribution is -0.121. The SMILES string of the molecule is CC(C)C(=O)CC(=O)c1ccc(F)c(Br)c1. The second kappa shape index (κ2) is 5.34. The Bertz CT molecular complexity index is 427. The van der Waals surface area contributed by atoms with Crippen LogP contribution < -0.4 is 0 Å². The molecule has 1 aromatic carbocycles. The molecule has 1 aromatic rings. The average molecular weight is 287 g/mol. The minimum atomic E-state index is -0.424. The van der Waals surface area contributed by atoms with Gasteiger partial charge >= 0.3 is 0 Å². The minimum Gasteiger partial charge on any atom is -0.299 e. The zero-order valence-corrected chi connectivity index (χ0v) is 10.7. The molecule has 0 radical (unpaired) electrons. The fourth-order valence-electron chi connectivity index (χ4n) is 1.13. The van der Waals surface area contributed by atoms with Crippen molar-refractivity contribution in [3.8, 4) is 0 Å². The van der Waals surface area contributed by atoms with Crippen LogP contribution >= 0.6 is 15.9 Å². The molecule has 0 heterocycles. The van der Waals surface area contributed by atoms with Crippen molar-refractivity contribution in [2.45, 2.75) is 20.3 Å². The molecular weight excluding hydrogens is 275 g/mol. The van der Waals surface area contributed by atoms with Crippen LogP contribution in [0.4, 0.5) is 4.39 Å². The Kier molecular flexibility index (Phi) is 4.35. The molecule has 4 heteroatoms. The van der Waals surface area contributed by atoms with Gasteiger partial charge in [0.05, 0.1) is 10.9 Å². The van der Waals surface area contributed by atoms with E-state index in [1.165, 1.54) is 18.2 Å². The van der Waals surface area contributed by atoms with Crippen molar-refractivity contribution in [2.75, 3.05) is 0 Å². The fourth-order valence-corrected chi connectivity index (χ4v) is 1.51. The third-order valence-electron chi connectivity index (χ3n) is 2.22. The molecule has 0 fully saturated rings. The molecule has 0 spiro atoms. The third kappa shape index (κ3) is 3.23. The van der Waals surface area contributed by atoms with E-state index in [-0.39, 0.29) is 28.4 Å². The number of hydrogen-bond acceptors (Lipinski definition) is 2. The van der Waals surface area contributed by atoms with E-state index in [4.69, 9.17) is 0 Å². The highest BCUT2D eigenvalue weighted by Gasteiger charge is 2.15. The van der Waals surface area contributed by atoms with Crippen molar-refractivity contribution in [3.63, 3.8) is 0 Å². The van der Waals surface area contributed by atoms with Gasteiger partial charge in [-0.1, -0.05) is 13.8 Å². The first-order valence-corrected chi connectivity index (χ1v) is 5.72. The Labute approximate surface area is 102 Å². The van der Waals surface area contributed by atoms with Gasteiger partial charge < -0.3 is 0 Å². The minimum absolute atomic E-state index is 0.106. The molecule has 1 rings (SSSR count). The topological polar surface area (TPSA) is 34.1 Å². The van der Waals surface area contributed by atoms with E-state index < -0.39 is 5.82 Å². The molecule has 0 saturated carbocycles. The molecule has 0 bridgehead atoms. The van der Waals surface area contributed by atoms with Gasteiger partial charge in [-0.25, -0.2) is 4.39 Å². The second-order valence-electron chi connectivity index (χ2n) is 3.85. The molecular formula is C12H12BrFO2. The summed E-state index contributed by atoms with van der Waals surface area (Å²) in [7, 11) is 0. The molecule has 0 saturated heterocycles. The average Bonchev–Trinajstić information content (AvgIpc) is 2.21. The number of ketones is 2. The molecule has 0 N–H and O–H groups in total. The zero-order valence-electron chi connectivity index (χ0n) is 9.09. The molecule has 0 aliphatic rings. The summed E-state index contributed by atoms with van der Waals surface area (Å²) < 4.78 is 13.2. The quantitative estimate of drug-likeness (QED) is 0.628. The smallest absolute Gasteiger partial charge is 0.170 e. The van der Waals surface area contributed by atoms with Crippen LogP contribution in [0.5, 0.6) is 0 Å². The van der Waals surface area contributed by atoms with Crippen molar-refractivity contribution in [1.82, 2.24) is 0 Å². The summed E-state index contributed by atoms with van der Waals surface area (Å²) in [5, 5.41) is 0. The Morgan fingerprint density at radius 3 is 2.50 bits per heavy atom. The third-order valence-corrected chi connectivity index (χ3v) is 2.83. The molecule has 0 aliphatic carbocycles. The van der Waals surface area contributed by atoms with E-state index >= 15 is 0 Å². The van der Waals surface area contributed by atoms with Gasteiger partial charge in [-0.2, -0.15) is 0 Å². The first-order chi connectivity index (χ1) is 7.41. The number of carbonyl (C=O) groups is 2. The summed E-state index contributed by atoms with van der Waals surface area (Å²) in [6.07, 6.45) is -0.129. The van der Waals surface area contributed by atoms with Crippen LogP contribution in [0.3, 0.4) is 0 Å². The van der Waals surface area contributed by atoms with Crippen LogP contribution in [-0.4, -0.2) is 11.6 Å². The molecule has 0 atom stereocenters. The first kappa shape index (κ1) is 13.0. The Hall–Kier alpha value is -1.03. The number of Topliss-reactive ketones (excluding diaryl/α,β-unsaturated/α-hetero) is 2. The van der Waals surface area contributed by atoms with Gasteiger partial charge in [0.1, 0.15) is 11.6 Å². The summed E-state index contributed by atoms with van der Waals surface area (Å²) in [5.41, 5.74) is 0.349. The van der Waals surface area contributed by atoms with Crippen molar-refractivity contribution in [2.24, 2.45) is 5.92 Å². The molecule has 0 unspecified atom stereocenters. The molecule has 2 nitrogen and oxygen atoms in total. The van der Waals surface area contributed by atoms with Crippen LogP contribution in [0.1, 0.15) is 30.6 Å². The van der Waals surface area contributed by atoms with E-state index in [0.29, 0.717) is 5.56 Å². The van der Waals surface area contributed by atoms with Gasteiger partial charge in [-0.3, -0.25) is 9.59 Å². The Morgan fingerprint density at radius 2 is 2.00 bits per heavy atom. The largest absolute Gasteiger partial charge is 0.299 e. The number of hydrogen-bond donors (Lipinski definition) is 0. The summed E-state index contributed by atoms with van der Waals surface area (Å²) in [4.78, 5) is 23.0. The van der Waals surface area contributed by atoms with Crippen LogP contribution in [0, 0.1) is 11.7 Å². The van der Waals surface area contributed by atoms with Gasteiger partial charge in [0.2, 0.25) is 0 Å². The fraction of sp³-hybridized carbons (Fsp3) is 0.333.